The highest BCUT2D eigenvalue weighted by Gasteiger charge is 2.35. The van der Waals surface area contributed by atoms with Crippen LogP contribution in [0.4, 0.5) is 17.6 Å². The Hall–Kier alpha value is -2.02. The Morgan fingerprint density at radius 2 is 1.89 bits per heavy atom. The highest BCUT2D eigenvalue weighted by molar-refractivity contribution is 5.35. The number of hydrogen-bond donors (Lipinski definition) is 1. The topological polar surface area (TPSA) is 46.0 Å². The number of rotatable bonds is 2. The fraction of sp³-hybridized carbons (Fsp3) is 0.167. The molecule has 0 saturated carbocycles. The minimum Gasteiger partial charge on any atom is -0.382 e. The van der Waals surface area contributed by atoms with Crippen molar-refractivity contribution in [3.8, 4) is 0 Å². The molecule has 1 N–H and O–H groups in total. The summed E-state index contributed by atoms with van der Waals surface area (Å²) in [5, 5.41) is 9.89. The van der Waals surface area contributed by atoms with E-state index in [0.29, 0.717) is 18.2 Å². The molecule has 0 saturated heterocycles. The average molecular weight is 272 g/mol. The van der Waals surface area contributed by atoms with Crippen molar-refractivity contribution < 1.29 is 22.7 Å². The van der Waals surface area contributed by atoms with Gasteiger partial charge in [0.2, 0.25) is 0 Å². The van der Waals surface area contributed by atoms with Crippen LogP contribution in [-0.2, 0) is 6.18 Å². The van der Waals surface area contributed by atoms with E-state index in [1.807, 2.05) is 0 Å². The zero-order chi connectivity index (χ0) is 14.0. The molecule has 0 radical (unpaired) electrons. The van der Waals surface area contributed by atoms with Gasteiger partial charge in [-0.15, -0.1) is 0 Å². The lowest BCUT2D eigenvalue weighted by Gasteiger charge is -2.17. The fourth-order valence-electron chi connectivity index (χ4n) is 1.63. The molecule has 100 valence electrons. The van der Waals surface area contributed by atoms with Gasteiger partial charge in [0.25, 0.3) is 0 Å². The summed E-state index contributed by atoms with van der Waals surface area (Å²) in [5.74, 6) is -0.869. The van der Waals surface area contributed by atoms with E-state index >= 15 is 0 Å². The molecular formula is C12H8F4N2O. The van der Waals surface area contributed by atoms with E-state index in [1.165, 1.54) is 12.4 Å². The maximum Gasteiger partial charge on any atom is 0.416 e. The van der Waals surface area contributed by atoms with E-state index in [4.69, 9.17) is 0 Å². The number of aliphatic hydroxyl groups is 1. The summed E-state index contributed by atoms with van der Waals surface area (Å²) in [5.41, 5.74) is -1.78. The first kappa shape index (κ1) is 13.4. The number of aromatic nitrogens is 2. The summed E-state index contributed by atoms with van der Waals surface area (Å²) < 4.78 is 51.5. The molecule has 0 spiro atoms. The molecule has 1 atom stereocenters. The minimum atomic E-state index is -4.69. The summed E-state index contributed by atoms with van der Waals surface area (Å²) in [6, 6.07) is 1.92. The van der Waals surface area contributed by atoms with Crippen LogP contribution in [0.15, 0.2) is 36.8 Å². The number of nitrogens with zero attached hydrogens (tertiary/aromatic N) is 2. The monoisotopic (exact) mass is 272 g/mol. The van der Waals surface area contributed by atoms with E-state index in [2.05, 4.69) is 9.97 Å². The molecule has 0 amide bonds. The molecule has 3 nitrogen and oxygen atoms in total. The van der Waals surface area contributed by atoms with Crippen molar-refractivity contribution in [2.75, 3.05) is 0 Å². The lowest BCUT2D eigenvalue weighted by molar-refractivity contribution is -0.139. The summed E-state index contributed by atoms with van der Waals surface area (Å²) in [7, 11) is 0. The van der Waals surface area contributed by atoms with Gasteiger partial charge in [0.05, 0.1) is 17.5 Å². The second kappa shape index (κ2) is 4.93. The van der Waals surface area contributed by atoms with E-state index in [-0.39, 0.29) is 5.69 Å². The third kappa shape index (κ3) is 2.87. The number of aliphatic hydroxyl groups excluding tert-OH is 1. The molecule has 2 aromatic rings. The lowest BCUT2D eigenvalue weighted by atomic mass is 10.00. The maximum atomic E-state index is 13.1. The number of hydrogen-bond acceptors (Lipinski definition) is 3. The highest BCUT2D eigenvalue weighted by Crippen LogP contribution is 2.36. The first-order valence-electron chi connectivity index (χ1n) is 5.20. The quantitative estimate of drug-likeness (QED) is 0.855. The van der Waals surface area contributed by atoms with Crippen molar-refractivity contribution in [1.29, 1.82) is 0 Å². The molecule has 19 heavy (non-hydrogen) atoms. The number of halogens is 4. The zero-order valence-electron chi connectivity index (χ0n) is 9.39. The predicted molar refractivity (Wildman–Crippen MR) is 57.5 cm³/mol. The maximum absolute atomic E-state index is 13.1. The van der Waals surface area contributed by atoms with Gasteiger partial charge >= 0.3 is 6.18 Å². The largest absolute Gasteiger partial charge is 0.416 e. The normalized spacial score (nSPS) is 13.3. The standard InChI is InChI=1S/C12H8F4N2O/c13-7-1-2-9(12(14,15)16)8(5-7)11(19)10-6-17-3-4-18-10/h1-6,11,19H. The molecule has 0 bridgehead atoms. The van der Waals surface area contributed by atoms with Gasteiger partial charge in [0.1, 0.15) is 11.9 Å². The van der Waals surface area contributed by atoms with Crippen LogP contribution in [0.2, 0.25) is 0 Å². The summed E-state index contributed by atoms with van der Waals surface area (Å²) in [6.45, 7) is 0. The van der Waals surface area contributed by atoms with Gasteiger partial charge in [0.15, 0.2) is 0 Å². The summed E-state index contributed by atoms with van der Waals surface area (Å²) in [4.78, 5) is 7.35. The lowest BCUT2D eigenvalue weighted by Crippen LogP contribution is -2.14. The Morgan fingerprint density at radius 1 is 1.16 bits per heavy atom. The molecule has 1 unspecified atom stereocenters. The van der Waals surface area contributed by atoms with Crippen molar-refractivity contribution in [1.82, 2.24) is 9.97 Å². The van der Waals surface area contributed by atoms with Gasteiger partial charge in [0, 0.05) is 18.0 Å². The summed E-state index contributed by atoms with van der Waals surface area (Å²) in [6.07, 6.45) is -2.72. The molecule has 1 heterocycles. The van der Waals surface area contributed by atoms with Crippen molar-refractivity contribution >= 4 is 0 Å². The van der Waals surface area contributed by atoms with Crippen molar-refractivity contribution in [2.24, 2.45) is 0 Å². The van der Waals surface area contributed by atoms with Gasteiger partial charge in [-0.05, 0) is 18.2 Å². The molecule has 2 rings (SSSR count). The van der Waals surface area contributed by atoms with E-state index in [9.17, 15) is 22.7 Å². The Labute approximate surface area is 105 Å². The Morgan fingerprint density at radius 3 is 2.47 bits per heavy atom. The van der Waals surface area contributed by atoms with E-state index in [0.717, 1.165) is 6.20 Å². The van der Waals surface area contributed by atoms with Gasteiger partial charge in [-0.1, -0.05) is 0 Å². The molecule has 0 aliphatic carbocycles. The van der Waals surface area contributed by atoms with Crippen LogP contribution in [0.3, 0.4) is 0 Å². The SMILES string of the molecule is OC(c1cnccn1)c1cc(F)ccc1C(F)(F)F. The molecular weight excluding hydrogens is 264 g/mol. The van der Waals surface area contributed by atoms with Crippen LogP contribution in [0.5, 0.6) is 0 Å². The Kier molecular flexibility index (Phi) is 3.48. The first-order valence-corrected chi connectivity index (χ1v) is 5.20. The van der Waals surface area contributed by atoms with Crippen LogP contribution < -0.4 is 0 Å². The zero-order valence-corrected chi connectivity index (χ0v) is 9.39. The number of benzene rings is 1. The second-order valence-corrected chi connectivity index (χ2v) is 3.76. The van der Waals surface area contributed by atoms with Crippen LogP contribution in [0, 0.1) is 5.82 Å². The minimum absolute atomic E-state index is 0.0846. The van der Waals surface area contributed by atoms with Crippen LogP contribution in [0.1, 0.15) is 22.9 Å². The van der Waals surface area contributed by atoms with Crippen LogP contribution in [-0.4, -0.2) is 15.1 Å². The van der Waals surface area contributed by atoms with E-state index in [1.54, 1.807) is 0 Å². The van der Waals surface area contributed by atoms with E-state index < -0.39 is 29.2 Å². The third-order valence-electron chi connectivity index (χ3n) is 2.48. The summed E-state index contributed by atoms with van der Waals surface area (Å²) >= 11 is 0. The van der Waals surface area contributed by atoms with Crippen molar-refractivity contribution in [2.45, 2.75) is 12.3 Å². The molecule has 1 aromatic carbocycles. The highest BCUT2D eigenvalue weighted by atomic mass is 19.4. The predicted octanol–water partition coefficient (Wildman–Crippen LogP) is 2.72. The van der Waals surface area contributed by atoms with Gasteiger partial charge < -0.3 is 5.11 Å². The molecule has 7 heteroatoms. The van der Waals surface area contributed by atoms with Gasteiger partial charge in [-0.2, -0.15) is 13.2 Å². The van der Waals surface area contributed by atoms with Crippen molar-refractivity contribution in [3.63, 3.8) is 0 Å². The molecule has 0 fully saturated rings. The fourth-order valence-corrected chi connectivity index (χ4v) is 1.63. The number of alkyl halides is 3. The third-order valence-corrected chi connectivity index (χ3v) is 2.48. The van der Waals surface area contributed by atoms with Crippen LogP contribution in [0.25, 0.3) is 0 Å². The molecule has 1 aromatic heterocycles. The molecule has 0 aliphatic rings. The molecule has 0 aliphatic heterocycles. The Balaban J connectivity index is 2.52. The smallest absolute Gasteiger partial charge is 0.382 e. The Bertz CT molecular complexity index is 572. The van der Waals surface area contributed by atoms with Gasteiger partial charge in [-0.3, -0.25) is 9.97 Å². The van der Waals surface area contributed by atoms with Crippen molar-refractivity contribution in [3.05, 3.63) is 59.4 Å². The van der Waals surface area contributed by atoms with Gasteiger partial charge in [-0.25, -0.2) is 4.39 Å². The average Bonchev–Trinajstić information content (AvgIpc) is 2.37. The van der Waals surface area contributed by atoms with Crippen LogP contribution >= 0.6 is 0 Å². The second-order valence-electron chi connectivity index (χ2n) is 3.76. The first-order chi connectivity index (χ1) is 8.89.